The lowest BCUT2D eigenvalue weighted by Crippen LogP contribution is -1.83. The molecule has 0 aromatic rings. The maximum Gasteiger partial charge on any atom is 0.133 e. The highest BCUT2D eigenvalue weighted by atomic mass is 16.1. The molecule has 13 heavy (non-hydrogen) atoms. The van der Waals surface area contributed by atoms with E-state index in [0.717, 1.165) is 12.8 Å². The van der Waals surface area contributed by atoms with Gasteiger partial charge in [-0.15, -0.1) is 6.58 Å². The van der Waals surface area contributed by atoms with Gasteiger partial charge in [0.2, 0.25) is 0 Å². The summed E-state index contributed by atoms with van der Waals surface area (Å²) < 4.78 is 0. The Labute approximate surface area is 81.5 Å². The predicted octanol–water partition coefficient (Wildman–Crippen LogP) is 3.66. The first-order chi connectivity index (χ1) is 6.27. The monoisotopic (exact) mass is 180 g/mol. The van der Waals surface area contributed by atoms with Crippen molar-refractivity contribution in [3.05, 3.63) is 24.8 Å². The molecule has 0 rings (SSSR count). The molecule has 1 nitrogen and oxygen atoms in total. The Bertz CT molecular complexity index is 168. The van der Waals surface area contributed by atoms with E-state index in [4.69, 9.17) is 0 Å². The Balaban J connectivity index is 3.10. The molecule has 0 atom stereocenters. The molecule has 74 valence electrons. The van der Waals surface area contributed by atoms with Crippen LogP contribution in [0, 0.1) is 0 Å². The molecule has 0 fully saturated rings. The van der Waals surface area contributed by atoms with Gasteiger partial charge in [-0.2, -0.15) is 0 Å². The van der Waals surface area contributed by atoms with Crippen molar-refractivity contribution in [2.75, 3.05) is 0 Å². The van der Waals surface area contributed by atoms with E-state index in [9.17, 15) is 4.79 Å². The Morgan fingerprint density at radius 3 is 2.46 bits per heavy atom. The molecule has 0 heterocycles. The molecule has 0 unspecified atom stereocenters. The van der Waals surface area contributed by atoms with Gasteiger partial charge in [0.1, 0.15) is 5.78 Å². The highest BCUT2D eigenvalue weighted by Gasteiger charge is 1.87. The number of carbonyl (C=O) groups excluding carboxylic acids is 1. The summed E-state index contributed by atoms with van der Waals surface area (Å²) in [7, 11) is 0. The van der Waals surface area contributed by atoms with E-state index in [2.05, 4.69) is 12.7 Å². The van der Waals surface area contributed by atoms with Gasteiger partial charge in [-0.05, 0) is 32.6 Å². The molecular weight excluding hydrogens is 160 g/mol. The Morgan fingerprint density at radius 2 is 1.85 bits per heavy atom. The van der Waals surface area contributed by atoms with Gasteiger partial charge in [0.05, 0.1) is 0 Å². The molecule has 0 aromatic heterocycles. The molecule has 0 N–H and O–H groups in total. The number of hydrogen-bond acceptors (Lipinski definition) is 1. The fraction of sp³-hybridized carbons (Fsp3) is 0.583. The lowest BCUT2D eigenvalue weighted by Gasteiger charge is -1.94. The van der Waals surface area contributed by atoms with Crippen molar-refractivity contribution in [1.82, 2.24) is 0 Å². The molecule has 0 aromatic carbocycles. The van der Waals surface area contributed by atoms with E-state index >= 15 is 0 Å². The van der Waals surface area contributed by atoms with Crippen molar-refractivity contribution in [2.45, 2.75) is 45.4 Å². The number of carbonyl (C=O) groups is 1. The first kappa shape index (κ1) is 12.2. The number of allylic oxidation sites excluding steroid dienone is 3. The van der Waals surface area contributed by atoms with Gasteiger partial charge >= 0.3 is 0 Å². The third-order valence-corrected chi connectivity index (χ3v) is 1.85. The average Bonchev–Trinajstić information content (AvgIpc) is 2.09. The van der Waals surface area contributed by atoms with Crippen LogP contribution >= 0.6 is 0 Å². The van der Waals surface area contributed by atoms with Gasteiger partial charge in [-0.25, -0.2) is 0 Å². The van der Waals surface area contributed by atoms with Crippen molar-refractivity contribution < 1.29 is 4.79 Å². The molecule has 0 aliphatic carbocycles. The summed E-state index contributed by atoms with van der Waals surface area (Å²) in [5, 5.41) is 0. The van der Waals surface area contributed by atoms with Crippen LogP contribution in [0.4, 0.5) is 0 Å². The van der Waals surface area contributed by atoms with E-state index in [-0.39, 0.29) is 5.78 Å². The number of hydrogen-bond donors (Lipinski definition) is 0. The molecule has 1 heteroatoms. The summed E-state index contributed by atoms with van der Waals surface area (Å²) in [4.78, 5) is 10.6. The van der Waals surface area contributed by atoms with Crippen LogP contribution in [0.25, 0.3) is 0 Å². The minimum Gasteiger partial charge on any atom is -0.300 e. The molecule has 0 amide bonds. The van der Waals surface area contributed by atoms with Gasteiger partial charge in [0, 0.05) is 6.42 Å². The molecule has 0 bridgehead atoms. The normalized spacial score (nSPS) is 10.5. The standard InChI is InChI=1S/C12H20O/c1-3-4-5-6-7-8-9-10-11-12(2)13/h3,9-10H,1,4-8,11H2,2H3. The highest BCUT2D eigenvalue weighted by Crippen LogP contribution is 2.04. The lowest BCUT2D eigenvalue weighted by atomic mass is 10.1. The van der Waals surface area contributed by atoms with Crippen molar-refractivity contribution in [1.29, 1.82) is 0 Å². The largest absolute Gasteiger partial charge is 0.300 e. The third-order valence-electron chi connectivity index (χ3n) is 1.85. The first-order valence-corrected chi connectivity index (χ1v) is 5.02. The van der Waals surface area contributed by atoms with Crippen LogP contribution in [-0.2, 0) is 4.79 Å². The topological polar surface area (TPSA) is 17.1 Å². The Kier molecular flexibility index (Phi) is 8.64. The average molecular weight is 180 g/mol. The van der Waals surface area contributed by atoms with Gasteiger partial charge in [-0.1, -0.05) is 24.6 Å². The zero-order chi connectivity index (χ0) is 9.94. The number of Topliss-reactive ketones (excluding diaryl/α,β-unsaturated/α-hetero) is 1. The third kappa shape index (κ3) is 11.1. The second kappa shape index (κ2) is 9.24. The fourth-order valence-corrected chi connectivity index (χ4v) is 1.09. The van der Waals surface area contributed by atoms with E-state index in [1.54, 1.807) is 6.92 Å². The van der Waals surface area contributed by atoms with E-state index in [1.807, 2.05) is 12.2 Å². The maximum atomic E-state index is 10.6. The van der Waals surface area contributed by atoms with E-state index in [1.165, 1.54) is 19.3 Å². The summed E-state index contributed by atoms with van der Waals surface area (Å²) in [6, 6.07) is 0. The SMILES string of the molecule is C=CCCCCCC=CCC(C)=O. The zero-order valence-electron chi connectivity index (χ0n) is 8.59. The summed E-state index contributed by atoms with van der Waals surface area (Å²) >= 11 is 0. The number of unbranched alkanes of at least 4 members (excludes halogenated alkanes) is 4. The second-order valence-corrected chi connectivity index (χ2v) is 3.30. The van der Waals surface area contributed by atoms with Gasteiger partial charge in [-0.3, -0.25) is 4.79 Å². The van der Waals surface area contributed by atoms with E-state index < -0.39 is 0 Å². The van der Waals surface area contributed by atoms with Crippen LogP contribution in [0.3, 0.4) is 0 Å². The fourth-order valence-electron chi connectivity index (χ4n) is 1.09. The number of rotatable bonds is 8. The van der Waals surface area contributed by atoms with Crippen molar-refractivity contribution >= 4 is 5.78 Å². The molecule has 0 aliphatic heterocycles. The first-order valence-electron chi connectivity index (χ1n) is 5.02. The summed E-state index contributed by atoms with van der Waals surface area (Å²) in [5.74, 6) is 0.239. The molecule has 0 aliphatic rings. The zero-order valence-corrected chi connectivity index (χ0v) is 8.59. The van der Waals surface area contributed by atoms with Crippen LogP contribution in [0.15, 0.2) is 24.8 Å². The van der Waals surface area contributed by atoms with Gasteiger partial charge in [0.25, 0.3) is 0 Å². The van der Waals surface area contributed by atoms with Crippen LogP contribution in [-0.4, -0.2) is 5.78 Å². The minimum absolute atomic E-state index is 0.239. The van der Waals surface area contributed by atoms with Gasteiger partial charge in [0.15, 0.2) is 0 Å². The van der Waals surface area contributed by atoms with Crippen LogP contribution in [0.5, 0.6) is 0 Å². The molecular formula is C12H20O. The highest BCUT2D eigenvalue weighted by molar-refractivity contribution is 5.76. The quantitative estimate of drug-likeness (QED) is 0.411. The van der Waals surface area contributed by atoms with Crippen molar-refractivity contribution in [3.63, 3.8) is 0 Å². The summed E-state index contributed by atoms with van der Waals surface area (Å²) in [6.07, 6.45) is 12.6. The second-order valence-electron chi connectivity index (χ2n) is 3.30. The van der Waals surface area contributed by atoms with Crippen LogP contribution in [0.2, 0.25) is 0 Å². The molecule has 0 saturated carbocycles. The molecule has 0 spiro atoms. The Morgan fingerprint density at radius 1 is 1.15 bits per heavy atom. The van der Waals surface area contributed by atoms with Crippen LogP contribution < -0.4 is 0 Å². The maximum absolute atomic E-state index is 10.6. The lowest BCUT2D eigenvalue weighted by molar-refractivity contribution is -0.116. The minimum atomic E-state index is 0.239. The predicted molar refractivity (Wildman–Crippen MR) is 57.7 cm³/mol. The van der Waals surface area contributed by atoms with Crippen LogP contribution in [0.1, 0.15) is 45.4 Å². The molecule has 0 saturated heterocycles. The smallest absolute Gasteiger partial charge is 0.133 e. The molecule has 0 radical (unpaired) electrons. The van der Waals surface area contributed by atoms with Crippen molar-refractivity contribution in [3.8, 4) is 0 Å². The van der Waals surface area contributed by atoms with Crippen molar-refractivity contribution in [2.24, 2.45) is 0 Å². The summed E-state index contributed by atoms with van der Waals surface area (Å²) in [5.41, 5.74) is 0. The van der Waals surface area contributed by atoms with E-state index in [0.29, 0.717) is 6.42 Å². The summed E-state index contributed by atoms with van der Waals surface area (Å²) in [6.45, 7) is 5.30. The Hall–Kier alpha value is -0.850. The number of ketones is 1. The van der Waals surface area contributed by atoms with Gasteiger partial charge < -0.3 is 0 Å².